The number of pyridine rings is 2. The van der Waals surface area contributed by atoms with E-state index in [-0.39, 0.29) is 18.5 Å². The Balaban J connectivity index is 1.38. The van der Waals surface area contributed by atoms with Gasteiger partial charge in [0.25, 0.3) is 11.8 Å². The van der Waals surface area contributed by atoms with E-state index in [1.807, 2.05) is 18.2 Å². The van der Waals surface area contributed by atoms with Gasteiger partial charge in [0.15, 0.2) is 0 Å². The van der Waals surface area contributed by atoms with E-state index in [0.29, 0.717) is 23.2 Å². The lowest BCUT2D eigenvalue weighted by Crippen LogP contribution is -2.40. The van der Waals surface area contributed by atoms with E-state index in [0.717, 1.165) is 43.1 Å². The quantitative estimate of drug-likeness (QED) is 0.453. The van der Waals surface area contributed by atoms with Gasteiger partial charge >= 0.3 is 0 Å². The van der Waals surface area contributed by atoms with Crippen LogP contribution >= 0.6 is 0 Å². The lowest BCUT2D eigenvalue weighted by Gasteiger charge is -2.34. The predicted molar refractivity (Wildman–Crippen MR) is 133 cm³/mol. The summed E-state index contributed by atoms with van der Waals surface area (Å²) in [5, 5.41) is 12.3. The number of nitriles is 1. The lowest BCUT2D eigenvalue weighted by atomic mass is 10.0. The molecule has 3 aromatic heterocycles. The number of hydrogen-bond donors (Lipinski definition) is 2. The topological polar surface area (TPSA) is 154 Å². The Morgan fingerprint density at radius 2 is 1.94 bits per heavy atom. The minimum absolute atomic E-state index is 0.0257. The number of piperidine rings is 1. The molecular weight excluding hydrogens is 458 g/mol. The smallest absolute Gasteiger partial charge is 0.256 e. The van der Waals surface area contributed by atoms with Gasteiger partial charge in [-0.3, -0.25) is 24.5 Å². The maximum atomic E-state index is 12.3. The van der Waals surface area contributed by atoms with Crippen LogP contribution in [0.4, 0.5) is 11.5 Å². The van der Waals surface area contributed by atoms with E-state index in [1.54, 1.807) is 37.9 Å². The number of carbonyl (C=O) groups excluding carboxylic acids is 2. The normalized spacial score (nSPS) is 13.6. The summed E-state index contributed by atoms with van der Waals surface area (Å²) >= 11 is 0. The van der Waals surface area contributed by atoms with Crippen LogP contribution in [0.2, 0.25) is 0 Å². The fourth-order valence-corrected chi connectivity index (χ4v) is 4.09. The first-order valence-corrected chi connectivity index (χ1v) is 11.6. The summed E-state index contributed by atoms with van der Waals surface area (Å²) in [7, 11) is 1.59. The molecule has 11 heteroatoms. The second-order valence-corrected chi connectivity index (χ2v) is 8.59. The number of nitrogens with one attached hydrogen (secondary N) is 1. The fraction of sp³-hybridized carbons (Fsp3) is 0.320. The van der Waals surface area contributed by atoms with Crippen LogP contribution in [0, 0.1) is 11.3 Å². The first-order chi connectivity index (χ1) is 17.4. The molecule has 1 saturated heterocycles. The van der Waals surface area contributed by atoms with E-state index >= 15 is 0 Å². The van der Waals surface area contributed by atoms with Gasteiger partial charge in [-0.25, -0.2) is 4.98 Å². The van der Waals surface area contributed by atoms with Gasteiger partial charge in [0.1, 0.15) is 12.4 Å². The van der Waals surface area contributed by atoms with Gasteiger partial charge in [-0.15, -0.1) is 0 Å². The molecular formula is C25H27N9O2. The van der Waals surface area contributed by atoms with Gasteiger partial charge in [-0.1, -0.05) is 0 Å². The number of nitrogens with zero attached hydrogens (tertiary/aromatic N) is 7. The second kappa shape index (κ2) is 11.2. The second-order valence-electron chi connectivity index (χ2n) is 8.59. The standard InChI is InChI=1S/C25H27N9O2/c1-33(11-6-26)25(36)17-2-3-23(31-14-17)34-9-4-18(5-10-34)32-22-13-19(30-16-21(22)24(27)35)12-20-15-28-7-8-29-20/h2-3,7-8,13-16,18H,4-5,9-12H2,1H3,(H2,27,35)(H,30,32). The van der Waals surface area contributed by atoms with Gasteiger partial charge in [-0.05, 0) is 31.0 Å². The molecule has 0 atom stereocenters. The van der Waals surface area contributed by atoms with Crippen molar-refractivity contribution in [3.05, 3.63) is 71.7 Å². The Kier molecular flexibility index (Phi) is 7.65. The van der Waals surface area contributed by atoms with Gasteiger partial charge in [0.2, 0.25) is 0 Å². The summed E-state index contributed by atoms with van der Waals surface area (Å²) in [6, 6.07) is 7.52. The third-order valence-electron chi connectivity index (χ3n) is 6.03. The summed E-state index contributed by atoms with van der Waals surface area (Å²) < 4.78 is 0. The van der Waals surface area contributed by atoms with Crippen molar-refractivity contribution in [2.45, 2.75) is 25.3 Å². The van der Waals surface area contributed by atoms with E-state index < -0.39 is 5.91 Å². The zero-order valence-corrected chi connectivity index (χ0v) is 20.0. The summed E-state index contributed by atoms with van der Waals surface area (Å²) in [4.78, 5) is 45.0. The molecule has 0 aromatic carbocycles. The zero-order chi connectivity index (χ0) is 25.5. The average molecular weight is 486 g/mol. The average Bonchev–Trinajstić information content (AvgIpc) is 2.89. The van der Waals surface area contributed by atoms with Crippen LogP contribution in [-0.4, -0.2) is 69.4 Å². The molecule has 3 aromatic rings. The van der Waals surface area contributed by atoms with Crippen LogP contribution < -0.4 is 16.0 Å². The van der Waals surface area contributed by atoms with Crippen molar-refractivity contribution in [1.29, 1.82) is 5.26 Å². The summed E-state index contributed by atoms with van der Waals surface area (Å²) in [6.45, 7) is 1.55. The molecule has 0 bridgehead atoms. The minimum atomic E-state index is -0.534. The van der Waals surface area contributed by atoms with Crippen LogP contribution in [0.5, 0.6) is 0 Å². The number of anilines is 2. The van der Waals surface area contributed by atoms with Gasteiger partial charge < -0.3 is 20.9 Å². The first-order valence-electron chi connectivity index (χ1n) is 11.6. The maximum Gasteiger partial charge on any atom is 0.256 e. The Morgan fingerprint density at radius 3 is 2.58 bits per heavy atom. The Bertz CT molecular complexity index is 1250. The largest absolute Gasteiger partial charge is 0.381 e. The number of carbonyl (C=O) groups is 2. The molecule has 11 nitrogen and oxygen atoms in total. The molecule has 1 fully saturated rings. The van der Waals surface area contributed by atoms with Crippen molar-refractivity contribution >= 4 is 23.3 Å². The SMILES string of the molecule is CN(CC#N)C(=O)c1ccc(N2CCC(Nc3cc(Cc4cnccn4)ncc3C(N)=O)CC2)nc1. The Morgan fingerprint density at radius 1 is 1.14 bits per heavy atom. The number of hydrogen-bond acceptors (Lipinski definition) is 9. The van der Waals surface area contributed by atoms with Crippen LogP contribution in [0.1, 0.15) is 44.9 Å². The van der Waals surface area contributed by atoms with Crippen molar-refractivity contribution in [3.8, 4) is 6.07 Å². The van der Waals surface area contributed by atoms with Crippen LogP contribution in [0.25, 0.3) is 0 Å². The molecule has 184 valence electrons. The fourth-order valence-electron chi connectivity index (χ4n) is 4.09. The molecule has 0 aliphatic carbocycles. The molecule has 0 spiro atoms. The molecule has 2 amide bonds. The maximum absolute atomic E-state index is 12.3. The molecule has 36 heavy (non-hydrogen) atoms. The molecule has 0 radical (unpaired) electrons. The highest BCUT2D eigenvalue weighted by molar-refractivity contribution is 5.98. The van der Waals surface area contributed by atoms with Crippen molar-refractivity contribution < 1.29 is 9.59 Å². The highest BCUT2D eigenvalue weighted by atomic mass is 16.2. The highest BCUT2D eigenvalue weighted by Crippen LogP contribution is 2.24. The van der Waals surface area contributed by atoms with E-state index in [9.17, 15) is 9.59 Å². The molecule has 4 rings (SSSR count). The summed E-state index contributed by atoms with van der Waals surface area (Å²) in [6.07, 6.45) is 10.1. The van der Waals surface area contributed by atoms with Gasteiger partial charge in [0.05, 0.1) is 28.6 Å². The third kappa shape index (κ3) is 5.90. The number of primary amides is 1. The molecule has 3 N–H and O–H groups in total. The lowest BCUT2D eigenvalue weighted by molar-refractivity contribution is 0.0811. The zero-order valence-electron chi connectivity index (χ0n) is 20.0. The number of rotatable bonds is 8. The summed E-state index contributed by atoms with van der Waals surface area (Å²) in [5.41, 5.74) is 8.60. The van der Waals surface area contributed by atoms with E-state index in [1.165, 1.54) is 11.1 Å². The van der Waals surface area contributed by atoms with Crippen molar-refractivity contribution in [2.75, 3.05) is 36.9 Å². The molecule has 4 heterocycles. The van der Waals surface area contributed by atoms with E-state index in [2.05, 4.69) is 30.2 Å². The number of nitrogens with two attached hydrogens (primary N) is 1. The monoisotopic (exact) mass is 485 g/mol. The molecule has 0 saturated carbocycles. The van der Waals surface area contributed by atoms with Gasteiger partial charge in [0, 0.05) is 69.3 Å². The highest BCUT2D eigenvalue weighted by Gasteiger charge is 2.22. The van der Waals surface area contributed by atoms with Crippen molar-refractivity contribution in [1.82, 2.24) is 24.8 Å². The van der Waals surface area contributed by atoms with Crippen LogP contribution in [-0.2, 0) is 6.42 Å². The van der Waals surface area contributed by atoms with Crippen LogP contribution in [0.3, 0.4) is 0 Å². The number of amides is 2. The minimum Gasteiger partial charge on any atom is -0.381 e. The van der Waals surface area contributed by atoms with Gasteiger partial charge in [-0.2, -0.15) is 5.26 Å². The van der Waals surface area contributed by atoms with Crippen molar-refractivity contribution in [3.63, 3.8) is 0 Å². The molecule has 0 unspecified atom stereocenters. The third-order valence-corrected chi connectivity index (χ3v) is 6.03. The van der Waals surface area contributed by atoms with E-state index in [4.69, 9.17) is 11.0 Å². The number of aromatic nitrogens is 4. The molecule has 1 aliphatic heterocycles. The summed E-state index contributed by atoms with van der Waals surface area (Å²) in [5.74, 6) is 0.0217. The first kappa shape index (κ1) is 24.5. The Labute approximate surface area is 209 Å². The van der Waals surface area contributed by atoms with Crippen molar-refractivity contribution in [2.24, 2.45) is 5.73 Å². The van der Waals surface area contributed by atoms with Crippen LogP contribution in [0.15, 0.2) is 49.2 Å². The molecule has 1 aliphatic rings. The Hall–Kier alpha value is -4.59. The predicted octanol–water partition coefficient (Wildman–Crippen LogP) is 1.63.